The molecule has 0 bridgehead atoms. The first-order chi connectivity index (χ1) is 18.9. The average Bonchev–Trinajstić information content (AvgIpc) is 2.89. The second kappa shape index (κ2) is 10.6. The predicted octanol–water partition coefficient (Wildman–Crippen LogP) is 3.75. The monoisotopic (exact) mass is 553 g/mol. The van der Waals surface area contributed by atoms with Crippen molar-refractivity contribution in [2.75, 3.05) is 14.2 Å². The molecule has 0 aromatic heterocycles. The van der Waals surface area contributed by atoms with E-state index in [1.54, 1.807) is 6.92 Å². The number of aryl methyl sites for hydroxylation is 1. The minimum Gasteiger partial charge on any atom is -0.511 e. The first-order valence-corrected chi connectivity index (χ1v) is 13.2. The van der Waals surface area contributed by atoms with Crippen LogP contribution in [0.1, 0.15) is 72.7 Å². The fourth-order valence-electron chi connectivity index (χ4n) is 6.22. The molecule has 214 valence electrons. The number of Topliss-reactive ketones (excluding diaryl/α,β-unsaturated/α-hetero) is 2. The Bertz CT molecular complexity index is 1500. The van der Waals surface area contributed by atoms with Crippen molar-refractivity contribution in [2.24, 2.45) is 11.7 Å². The molecule has 0 radical (unpaired) electrons. The molecule has 0 saturated carbocycles. The molecule has 2 aliphatic rings. The average molecular weight is 554 g/mol. The molecule has 4 rings (SSSR count). The number of phenols is 2. The number of unbranched alkanes of at least 4 members (excludes halogenated alkanes) is 2. The lowest BCUT2D eigenvalue weighted by Crippen LogP contribution is -2.61. The number of nitrogens with two attached hydrogens (primary N) is 1. The molecular weight excluding hydrogens is 518 g/mol. The van der Waals surface area contributed by atoms with Gasteiger partial charge in [0.05, 0.1) is 24.2 Å². The van der Waals surface area contributed by atoms with Crippen molar-refractivity contribution in [1.29, 1.82) is 0 Å². The van der Waals surface area contributed by atoms with Gasteiger partial charge in [-0.3, -0.25) is 14.4 Å². The van der Waals surface area contributed by atoms with Gasteiger partial charge in [-0.1, -0.05) is 31.4 Å². The van der Waals surface area contributed by atoms with Crippen LogP contribution in [0.2, 0.25) is 0 Å². The minimum atomic E-state index is -2.85. The van der Waals surface area contributed by atoms with Crippen LogP contribution >= 0.6 is 0 Å². The van der Waals surface area contributed by atoms with E-state index in [1.165, 1.54) is 20.3 Å². The molecular formula is C30H35NO9. The number of rotatable bonds is 8. The van der Waals surface area contributed by atoms with Crippen LogP contribution in [0.3, 0.4) is 0 Å². The lowest BCUT2D eigenvalue weighted by atomic mass is 9.61. The number of fused-ring (bicyclic) bond motifs is 3. The van der Waals surface area contributed by atoms with Gasteiger partial charge in [-0.15, -0.1) is 0 Å². The van der Waals surface area contributed by atoms with E-state index in [0.29, 0.717) is 22.3 Å². The Morgan fingerprint density at radius 3 is 2.42 bits per heavy atom. The van der Waals surface area contributed by atoms with E-state index in [4.69, 9.17) is 15.2 Å². The number of ketones is 2. The molecule has 0 saturated heterocycles. The van der Waals surface area contributed by atoms with E-state index < -0.39 is 64.2 Å². The zero-order valence-corrected chi connectivity index (χ0v) is 23.3. The van der Waals surface area contributed by atoms with Gasteiger partial charge in [-0.05, 0) is 43.2 Å². The van der Waals surface area contributed by atoms with Crippen LogP contribution in [0.4, 0.5) is 0 Å². The second-order valence-corrected chi connectivity index (χ2v) is 10.5. The fourth-order valence-corrected chi connectivity index (χ4v) is 6.22. The summed E-state index contributed by atoms with van der Waals surface area (Å²) in [7, 11) is 2.77. The summed E-state index contributed by atoms with van der Waals surface area (Å²) in [5, 5.41) is 45.2. The maximum Gasteiger partial charge on any atom is 0.255 e. The van der Waals surface area contributed by atoms with Crippen LogP contribution in [-0.4, -0.2) is 57.7 Å². The summed E-state index contributed by atoms with van der Waals surface area (Å²) >= 11 is 0. The number of aromatic hydroxyl groups is 2. The summed E-state index contributed by atoms with van der Waals surface area (Å²) < 4.78 is 11.3. The van der Waals surface area contributed by atoms with E-state index >= 15 is 0 Å². The van der Waals surface area contributed by atoms with Crippen molar-refractivity contribution in [3.8, 4) is 17.2 Å². The molecule has 0 fully saturated rings. The number of allylic oxidation sites excluding steroid dienone is 3. The fraction of sp³-hybridized carbons (Fsp3) is 0.433. The highest BCUT2D eigenvalue weighted by Crippen LogP contribution is 2.56. The summed E-state index contributed by atoms with van der Waals surface area (Å²) in [4.78, 5) is 39.5. The molecule has 2 aliphatic carbocycles. The molecule has 0 spiro atoms. The summed E-state index contributed by atoms with van der Waals surface area (Å²) in [5.41, 5.74) is 3.49. The molecule has 40 heavy (non-hydrogen) atoms. The third kappa shape index (κ3) is 4.13. The number of aliphatic hydroxyl groups is 2. The normalized spacial score (nSPS) is 22.9. The topological polar surface area (TPSA) is 177 Å². The molecule has 2 aromatic rings. The van der Waals surface area contributed by atoms with Gasteiger partial charge in [0.15, 0.2) is 5.60 Å². The SMILES string of the molecule is CCCC/C=C(/C)Cc1c2c(c(O)c3c(O)cc(OC)c(C)c13)C(=O)[C@@]1(O)C(=O)C(C(N)=O)=C(O)C[C@H]1[C@@H]2OC. The molecule has 3 atom stereocenters. The quantitative estimate of drug-likeness (QED) is 0.141. The number of carbonyl (C=O) groups excluding carboxylic acids is 3. The predicted molar refractivity (Wildman–Crippen MR) is 147 cm³/mol. The smallest absolute Gasteiger partial charge is 0.255 e. The van der Waals surface area contributed by atoms with Crippen molar-refractivity contribution in [1.82, 2.24) is 0 Å². The maximum absolute atomic E-state index is 14.1. The van der Waals surface area contributed by atoms with Crippen LogP contribution < -0.4 is 10.5 Å². The van der Waals surface area contributed by atoms with E-state index in [0.717, 1.165) is 24.8 Å². The van der Waals surface area contributed by atoms with E-state index in [1.807, 2.05) is 6.92 Å². The van der Waals surface area contributed by atoms with Crippen LogP contribution in [0, 0.1) is 12.8 Å². The zero-order valence-electron chi connectivity index (χ0n) is 23.3. The van der Waals surface area contributed by atoms with E-state index in [-0.39, 0.29) is 23.1 Å². The first-order valence-electron chi connectivity index (χ1n) is 13.2. The summed E-state index contributed by atoms with van der Waals surface area (Å²) in [6, 6.07) is 1.31. The van der Waals surface area contributed by atoms with Crippen molar-refractivity contribution < 1.29 is 44.3 Å². The number of amides is 1. The summed E-state index contributed by atoms with van der Waals surface area (Å²) in [5.74, 6) is -6.46. The number of hydrogen-bond donors (Lipinski definition) is 5. The summed E-state index contributed by atoms with van der Waals surface area (Å²) in [6.07, 6.45) is 3.55. The van der Waals surface area contributed by atoms with Crippen molar-refractivity contribution in [3.05, 3.63) is 51.3 Å². The van der Waals surface area contributed by atoms with Crippen LogP contribution in [0.25, 0.3) is 10.8 Å². The number of hydrogen-bond acceptors (Lipinski definition) is 9. The number of methoxy groups -OCH3 is 2. The van der Waals surface area contributed by atoms with Crippen LogP contribution in [-0.2, 0) is 20.7 Å². The largest absolute Gasteiger partial charge is 0.511 e. The lowest BCUT2D eigenvalue weighted by Gasteiger charge is -2.45. The second-order valence-electron chi connectivity index (χ2n) is 10.5. The van der Waals surface area contributed by atoms with Gasteiger partial charge in [0.2, 0.25) is 11.6 Å². The number of ether oxygens (including phenoxy) is 2. The molecule has 0 heterocycles. The van der Waals surface area contributed by atoms with Gasteiger partial charge < -0.3 is 35.6 Å². The number of phenolic OH excluding ortho intramolecular Hbond substituents is 2. The highest BCUT2D eigenvalue weighted by atomic mass is 16.5. The number of benzene rings is 2. The number of aliphatic hydroxyl groups excluding tert-OH is 1. The Kier molecular flexibility index (Phi) is 7.70. The zero-order chi connectivity index (χ0) is 29.7. The van der Waals surface area contributed by atoms with E-state index in [9.17, 15) is 34.8 Å². The molecule has 0 aliphatic heterocycles. The molecule has 1 amide bonds. The Labute approximate surface area is 231 Å². The number of primary amides is 1. The molecule has 6 N–H and O–H groups in total. The Morgan fingerprint density at radius 2 is 1.85 bits per heavy atom. The van der Waals surface area contributed by atoms with Gasteiger partial charge in [0.25, 0.3) is 5.91 Å². The van der Waals surface area contributed by atoms with Crippen LogP contribution in [0.15, 0.2) is 29.0 Å². The number of carbonyl (C=O) groups is 3. The van der Waals surface area contributed by atoms with Crippen molar-refractivity contribution in [3.63, 3.8) is 0 Å². The van der Waals surface area contributed by atoms with Crippen molar-refractivity contribution in [2.45, 2.75) is 64.6 Å². The van der Waals surface area contributed by atoms with E-state index in [2.05, 4.69) is 13.0 Å². The first kappa shape index (κ1) is 29.1. The van der Waals surface area contributed by atoms with Gasteiger partial charge in [0.1, 0.15) is 28.6 Å². The standard InChI is InChI=1S/C30H35NO9/c1-6-7-8-9-13(2)10-15-20-14(3)19(39-4)12-18(33)22(20)25(34)24-21(15)26(40-5)16-11-17(32)23(29(31)37)27(35)30(16,38)28(24)36/h9,12,16,26,32-34,38H,6-8,10-11H2,1-5H3,(H2,31,37)/b13-9-/t16-,26-,30-/m0/s1. The molecule has 10 heteroatoms. The van der Waals surface area contributed by atoms with Gasteiger partial charge >= 0.3 is 0 Å². The molecule has 10 nitrogen and oxygen atoms in total. The molecule has 2 aromatic carbocycles. The Hall–Kier alpha value is -3.89. The highest BCUT2D eigenvalue weighted by molar-refractivity contribution is 6.33. The van der Waals surface area contributed by atoms with Gasteiger partial charge in [0, 0.05) is 31.1 Å². The Balaban J connectivity index is 2.14. The highest BCUT2D eigenvalue weighted by Gasteiger charge is 2.63. The van der Waals surface area contributed by atoms with Crippen LogP contribution in [0.5, 0.6) is 17.2 Å². The van der Waals surface area contributed by atoms with Gasteiger partial charge in [-0.2, -0.15) is 0 Å². The minimum absolute atomic E-state index is 0.0459. The third-order valence-electron chi connectivity index (χ3n) is 8.15. The Morgan fingerprint density at radius 1 is 1.18 bits per heavy atom. The summed E-state index contributed by atoms with van der Waals surface area (Å²) in [6.45, 7) is 5.77. The maximum atomic E-state index is 14.1. The molecule has 0 unspecified atom stereocenters. The third-order valence-corrected chi connectivity index (χ3v) is 8.15. The van der Waals surface area contributed by atoms with Gasteiger partial charge in [-0.25, -0.2) is 0 Å². The van der Waals surface area contributed by atoms with Crippen molar-refractivity contribution >= 4 is 28.2 Å². The lowest BCUT2D eigenvalue weighted by molar-refractivity contribution is -0.145.